The van der Waals surface area contributed by atoms with Crippen LogP contribution in [0.5, 0.6) is 0 Å². The SMILES string of the molecule is CN1CC[C@@H]2CN(C(=O)Cc3cn(C)c4ccccc34)C[C@@H]2C1=O. The van der Waals surface area contributed by atoms with Gasteiger partial charge in [-0.25, -0.2) is 0 Å². The Balaban J connectivity index is 1.52. The van der Waals surface area contributed by atoms with Crippen molar-refractivity contribution in [2.45, 2.75) is 12.8 Å². The highest BCUT2D eigenvalue weighted by atomic mass is 16.2. The van der Waals surface area contributed by atoms with Crippen molar-refractivity contribution in [2.24, 2.45) is 18.9 Å². The number of aryl methyl sites for hydroxylation is 1. The van der Waals surface area contributed by atoms with E-state index in [2.05, 4.69) is 16.7 Å². The van der Waals surface area contributed by atoms with Crippen LogP contribution in [-0.2, 0) is 23.1 Å². The number of nitrogens with zero attached hydrogens (tertiary/aromatic N) is 3. The third-order valence-electron chi connectivity index (χ3n) is 5.64. The lowest BCUT2D eigenvalue weighted by atomic mass is 9.88. The van der Waals surface area contributed by atoms with E-state index in [0.717, 1.165) is 36.0 Å². The van der Waals surface area contributed by atoms with E-state index < -0.39 is 0 Å². The van der Waals surface area contributed by atoms with E-state index in [9.17, 15) is 9.59 Å². The summed E-state index contributed by atoms with van der Waals surface area (Å²) in [5.41, 5.74) is 2.21. The maximum absolute atomic E-state index is 12.8. The standard InChI is InChI=1S/C19H23N3O2/c1-20-8-7-13-11-22(12-16(13)19(20)24)18(23)9-14-10-21(2)17-6-4-3-5-15(14)17/h3-6,10,13,16H,7-9,11-12H2,1-2H3/t13-,16+/m1/s1. The van der Waals surface area contributed by atoms with Gasteiger partial charge in [0.25, 0.3) is 0 Å². The van der Waals surface area contributed by atoms with Crippen LogP contribution in [0.25, 0.3) is 10.9 Å². The molecule has 5 heteroatoms. The maximum atomic E-state index is 12.8. The fourth-order valence-corrected chi connectivity index (χ4v) is 4.24. The van der Waals surface area contributed by atoms with Crippen molar-refractivity contribution in [3.05, 3.63) is 36.0 Å². The molecule has 2 aliphatic rings. The van der Waals surface area contributed by atoms with E-state index in [1.165, 1.54) is 0 Å². The molecule has 2 amide bonds. The molecule has 2 saturated heterocycles. The first-order valence-electron chi connectivity index (χ1n) is 8.60. The van der Waals surface area contributed by atoms with Gasteiger partial charge in [-0.2, -0.15) is 0 Å². The molecule has 5 nitrogen and oxygen atoms in total. The molecule has 2 aromatic rings. The Morgan fingerprint density at radius 3 is 2.83 bits per heavy atom. The molecule has 0 N–H and O–H groups in total. The predicted octanol–water partition coefficient (Wildman–Crippen LogP) is 1.66. The summed E-state index contributed by atoms with van der Waals surface area (Å²) < 4.78 is 2.07. The van der Waals surface area contributed by atoms with E-state index in [1.54, 1.807) is 4.90 Å². The van der Waals surface area contributed by atoms with Gasteiger partial charge >= 0.3 is 0 Å². The molecule has 0 aliphatic carbocycles. The van der Waals surface area contributed by atoms with Crippen molar-refractivity contribution >= 4 is 22.7 Å². The number of amides is 2. The van der Waals surface area contributed by atoms with E-state index in [-0.39, 0.29) is 17.7 Å². The third-order valence-corrected chi connectivity index (χ3v) is 5.64. The highest BCUT2D eigenvalue weighted by Gasteiger charge is 2.43. The summed E-state index contributed by atoms with van der Waals surface area (Å²) >= 11 is 0. The Hall–Kier alpha value is -2.30. The molecule has 0 radical (unpaired) electrons. The summed E-state index contributed by atoms with van der Waals surface area (Å²) in [4.78, 5) is 28.8. The smallest absolute Gasteiger partial charge is 0.227 e. The Morgan fingerprint density at radius 1 is 1.21 bits per heavy atom. The molecule has 3 heterocycles. The summed E-state index contributed by atoms with van der Waals surface area (Å²) in [6.07, 6.45) is 3.46. The average molecular weight is 325 g/mol. The van der Waals surface area contributed by atoms with Gasteiger partial charge in [0.05, 0.1) is 12.3 Å². The first kappa shape index (κ1) is 15.2. The molecular formula is C19H23N3O2. The molecule has 0 spiro atoms. The summed E-state index contributed by atoms with van der Waals surface area (Å²) in [6.45, 7) is 2.12. The molecule has 4 rings (SSSR count). The molecule has 2 fully saturated rings. The second-order valence-electron chi connectivity index (χ2n) is 7.17. The molecule has 0 saturated carbocycles. The average Bonchev–Trinajstić information content (AvgIpc) is 3.14. The molecule has 0 bridgehead atoms. The van der Waals surface area contributed by atoms with Crippen molar-refractivity contribution in [1.82, 2.24) is 14.4 Å². The van der Waals surface area contributed by atoms with Gasteiger partial charge in [-0.15, -0.1) is 0 Å². The van der Waals surface area contributed by atoms with Gasteiger partial charge in [0.15, 0.2) is 0 Å². The first-order chi connectivity index (χ1) is 11.5. The number of carbonyl (C=O) groups is 2. The maximum Gasteiger partial charge on any atom is 0.227 e. The summed E-state index contributed by atoms with van der Waals surface area (Å²) in [7, 11) is 3.87. The van der Waals surface area contributed by atoms with Gasteiger partial charge in [0.1, 0.15) is 0 Å². The lowest BCUT2D eigenvalue weighted by molar-refractivity contribution is -0.138. The minimum atomic E-state index is 0.000201. The molecule has 1 aromatic heterocycles. The van der Waals surface area contributed by atoms with Crippen LogP contribution in [0.2, 0.25) is 0 Å². The van der Waals surface area contributed by atoms with E-state index in [1.807, 2.05) is 37.3 Å². The van der Waals surface area contributed by atoms with Crippen LogP contribution in [0.4, 0.5) is 0 Å². The van der Waals surface area contributed by atoms with Gasteiger partial charge < -0.3 is 14.4 Å². The monoisotopic (exact) mass is 325 g/mol. The van der Waals surface area contributed by atoms with Gasteiger partial charge in [-0.05, 0) is 24.0 Å². The predicted molar refractivity (Wildman–Crippen MR) is 92.4 cm³/mol. The van der Waals surface area contributed by atoms with E-state index in [0.29, 0.717) is 18.9 Å². The normalized spacial score (nSPS) is 23.8. The first-order valence-corrected chi connectivity index (χ1v) is 8.60. The summed E-state index contributed by atoms with van der Waals surface area (Å²) in [5, 5.41) is 1.14. The molecule has 126 valence electrons. The van der Waals surface area contributed by atoms with Gasteiger partial charge in [0.2, 0.25) is 11.8 Å². The highest BCUT2D eigenvalue weighted by molar-refractivity contribution is 5.90. The number of carbonyl (C=O) groups excluding carboxylic acids is 2. The molecule has 2 aliphatic heterocycles. The lowest BCUT2D eigenvalue weighted by Gasteiger charge is -2.30. The fourth-order valence-electron chi connectivity index (χ4n) is 4.24. The van der Waals surface area contributed by atoms with Crippen LogP contribution in [0, 0.1) is 11.8 Å². The Bertz CT molecular complexity index is 810. The Kier molecular flexibility index (Phi) is 3.59. The van der Waals surface area contributed by atoms with Crippen LogP contribution in [0.3, 0.4) is 0 Å². The second-order valence-corrected chi connectivity index (χ2v) is 7.17. The zero-order chi connectivity index (χ0) is 16.8. The minimum absolute atomic E-state index is 0.000201. The van der Waals surface area contributed by atoms with Crippen molar-refractivity contribution in [3.8, 4) is 0 Å². The van der Waals surface area contributed by atoms with Crippen LogP contribution in [-0.4, -0.2) is 52.9 Å². The minimum Gasteiger partial charge on any atom is -0.350 e. The van der Waals surface area contributed by atoms with Crippen molar-refractivity contribution in [2.75, 3.05) is 26.7 Å². The lowest BCUT2D eigenvalue weighted by Crippen LogP contribution is -2.42. The van der Waals surface area contributed by atoms with Crippen LogP contribution in [0.15, 0.2) is 30.5 Å². The number of piperidine rings is 1. The summed E-state index contributed by atoms with van der Waals surface area (Å²) in [5.74, 6) is 0.674. The summed E-state index contributed by atoms with van der Waals surface area (Å²) in [6, 6.07) is 8.17. The fraction of sp³-hybridized carbons (Fsp3) is 0.474. The Morgan fingerprint density at radius 2 is 2.00 bits per heavy atom. The van der Waals surface area contributed by atoms with Crippen molar-refractivity contribution in [1.29, 1.82) is 0 Å². The molecule has 1 aromatic carbocycles. The number of likely N-dealkylation sites (tertiary alicyclic amines) is 2. The van der Waals surface area contributed by atoms with Crippen molar-refractivity contribution in [3.63, 3.8) is 0 Å². The number of aromatic nitrogens is 1. The number of hydrogen-bond acceptors (Lipinski definition) is 2. The van der Waals surface area contributed by atoms with Gasteiger partial charge in [-0.3, -0.25) is 9.59 Å². The number of fused-ring (bicyclic) bond motifs is 2. The van der Waals surface area contributed by atoms with Crippen molar-refractivity contribution < 1.29 is 9.59 Å². The second kappa shape index (κ2) is 5.65. The van der Waals surface area contributed by atoms with Gasteiger partial charge in [-0.1, -0.05) is 18.2 Å². The number of rotatable bonds is 2. The van der Waals surface area contributed by atoms with Crippen LogP contribution >= 0.6 is 0 Å². The van der Waals surface area contributed by atoms with E-state index in [4.69, 9.17) is 0 Å². The Labute approximate surface area is 141 Å². The quantitative estimate of drug-likeness (QED) is 0.843. The number of para-hydroxylation sites is 1. The third kappa shape index (κ3) is 2.39. The largest absolute Gasteiger partial charge is 0.350 e. The zero-order valence-electron chi connectivity index (χ0n) is 14.2. The topological polar surface area (TPSA) is 45.5 Å². The molecular weight excluding hydrogens is 302 g/mol. The molecule has 2 atom stereocenters. The van der Waals surface area contributed by atoms with Crippen LogP contribution in [0.1, 0.15) is 12.0 Å². The highest BCUT2D eigenvalue weighted by Crippen LogP contribution is 2.32. The van der Waals surface area contributed by atoms with E-state index >= 15 is 0 Å². The van der Waals surface area contributed by atoms with Gasteiger partial charge in [0, 0.05) is 50.8 Å². The number of hydrogen-bond donors (Lipinski definition) is 0. The van der Waals surface area contributed by atoms with Crippen LogP contribution < -0.4 is 0 Å². The molecule has 24 heavy (non-hydrogen) atoms. The zero-order valence-corrected chi connectivity index (χ0v) is 14.2. The number of benzene rings is 1. The molecule has 0 unspecified atom stereocenters.